The number of anilines is 3. The van der Waals surface area contributed by atoms with E-state index in [9.17, 15) is 4.79 Å². The van der Waals surface area contributed by atoms with E-state index < -0.39 is 0 Å². The Balaban J connectivity index is 1.67. The Morgan fingerprint density at radius 1 is 1.17 bits per heavy atom. The number of pyridine rings is 1. The topological polar surface area (TPSA) is 57.3 Å². The van der Waals surface area contributed by atoms with E-state index in [4.69, 9.17) is 0 Å². The van der Waals surface area contributed by atoms with E-state index in [2.05, 4.69) is 51.4 Å². The molecule has 1 fully saturated rings. The molecule has 0 radical (unpaired) electrons. The van der Waals surface area contributed by atoms with Gasteiger partial charge in [0.1, 0.15) is 0 Å². The molecule has 2 heterocycles. The van der Waals surface area contributed by atoms with Crippen LogP contribution in [0.4, 0.5) is 17.1 Å². The molecule has 0 spiro atoms. The van der Waals surface area contributed by atoms with E-state index in [1.54, 1.807) is 24.5 Å². The van der Waals surface area contributed by atoms with Gasteiger partial charge in [0.25, 0.3) is 5.91 Å². The van der Waals surface area contributed by atoms with Crippen LogP contribution in [-0.4, -0.2) is 30.5 Å². The van der Waals surface area contributed by atoms with Gasteiger partial charge in [0.2, 0.25) is 0 Å². The number of hydrogen-bond acceptors (Lipinski definition) is 4. The number of hydrogen-bond donors (Lipinski definition) is 2. The number of carbonyl (C=O) groups is 1. The van der Waals surface area contributed by atoms with Crippen LogP contribution in [0.2, 0.25) is 0 Å². The summed E-state index contributed by atoms with van der Waals surface area (Å²) >= 11 is 0. The number of carbonyl (C=O) groups excluding carboxylic acids is 1. The Bertz CT molecular complexity index is 706. The van der Waals surface area contributed by atoms with Crippen molar-refractivity contribution in [1.29, 1.82) is 0 Å². The van der Waals surface area contributed by atoms with E-state index in [0.29, 0.717) is 12.1 Å². The van der Waals surface area contributed by atoms with Crippen LogP contribution in [0, 0.1) is 0 Å². The van der Waals surface area contributed by atoms with Crippen LogP contribution in [-0.2, 0) is 0 Å². The Kier molecular flexibility index (Phi) is 5.11. The Morgan fingerprint density at radius 2 is 1.92 bits per heavy atom. The van der Waals surface area contributed by atoms with Gasteiger partial charge in [0.15, 0.2) is 0 Å². The molecule has 0 aliphatic carbocycles. The molecule has 2 aromatic rings. The third kappa shape index (κ3) is 3.93. The minimum Gasteiger partial charge on any atom is -0.372 e. The first-order valence-electron chi connectivity index (χ1n) is 8.22. The molecule has 1 aromatic carbocycles. The second-order valence-electron chi connectivity index (χ2n) is 5.83. The van der Waals surface area contributed by atoms with Crippen LogP contribution >= 0.6 is 0 Å². The first-order valence-corrected chi connectivity index (χ1v) is 8.22. The zero-order chi connectivity index (χ0) is 16.8. The second kappa shape index (κ2) is 7.64. The van der Waals surface area contributed by atoms with Crippen molar-refractivity contribution in [2.75, 3.05) is 29.9 Å². The van der Waals surface area contributed by atoms with Crippen molar-refractivity contribution in [2.45, 2.75) is 12.8 Å². The highest BCUT2D eigenvalue weighted by molar-refractivity contribution is 5.94. The van der Waals surface area contributed by atoms with Gasteiger partial charge in [-0.25, -0.2) is 0 Å². The van der Waals surface area contributed by atoms with Crippen molar-refractivity contribution in [2.24, 2.45) is 0 Å². The highest BCUT2D eigenvalue weighted by Crippen LogP contribution is 2.24. The van der Waals surface area contributed by atoms with Crippen molar-refractivity contribution in [3.05, 3.63) is 60.9 Å². The fraction of sp³-hybridized carbons (Fsp3) is 0.263. The standard InChI is InChI=1S/C19H22N4O/c1-2-9-21-19(24)15-12-17(14-20-13-15)22-16-5-7-18(8-6-16)23-10-3-4-11-23/h2,5-8,12-14,22H,1,3-4,9-11H2,(H,21,24). The van der Waals surface area contributed by atoms with Crippen LogP contribution in [0.5, 0.6) is 0 Å². The largest absolute Gasteiger partial charge is 0.372 e. The fourth-order valence-electron chi connectivity index (χ4n) is 2.80. The van der Waals surface area contributed by atoms with Crippen LogP contribution in [0.25, 0.3) is 0 Å². The van der Waals surface area contributed by atoms with Crippen LogP contribution in [0.3, 0.4) is 0 Å². The lowest BCUT2D eigenvalue weighted by atomic mass is 10.2. The normalized spacial score (nSPS) is 13.6. The molecule has 1 saturated heterocycles. The molecule has 124 valence electrons. The lowest BCUT2D eigenvalue weighted by Crippen LogP contribution is -2.23. The summed E-state index contributed by atoms with van der Waals surface area (Å²) in [6.45, 7) is 6.30. The van der Waals surface area contributed by atoms with E-state index in [1.165, 1.54) is 18.5 Å². The Morgan fingerprint density at radius 3 is 2.62 bits per heavy atom. The van der Waals surface area contributed by atoms with Crippen LogP contribution < -0.4 is 15.5 Å². The summed E-state index contributed by atoms with van der Waals surface area (Å²) in [5.41, 5.74) is 3.54. The molecule has 3 rings (SSSR count). The monoisotopic (exact) mass is 322 g/mol. The molecule has 24 heavy (non-hydrogen) atoms. The summed E-state index contributed by atoms with van der Waals surface area (Å²) in [6, 6.07) is 10.2. The van der Waals surface area contributed by atoms with Crippen molar-refractivity contribution in [3.8, 4) is 0 Å². The number of benzene rings is 1. The summed E-state index contributed by atoms with van der Waals surface area (Å²) in [4.78, 5) is 18.5. The molecule has 5 nitrogen and oxygen atoms in total. The van der Waals surface area contributed by atoms with Gasteiger partial charge in [-0.1, -0.05) is 6.08 Å². The number of nitrogens with zero attached hydrogens (tertiary/aromatic N) is 2. The average molecular weight is 322 g/mol. The summed E-state index contributed by atoms with van der Waals surface area (Å²) in [6.07, 6.45) is 7.45. The maximum atomic E-state index is 12.0. The predicted molar refractivity (Wildman–Crippen MR) is 97.9 cm³/mol. The van der Waals surface area contributed by atoms with Gasteiger partial charge in [0.05, 0.1) is 17.4 Å². The molecule has 2 N–H and O–H groups in total. The number of amides is 1. The molecular weight excluding hydrogens is 300 g/mol. The second-order valence-corrected chi connectivity index (χ2v) is 5.83. The van der Waals surface area contributed by atoms with E-state index >= 15 is 0 Å². The van der Waals surface area contributed by atoms with E-state index in [1.807, 2.05) is 0 Å². The van der Waals surface area contributed by atoms with Gasteiger partial charge < -0.3 is 15.5 Å². The predicted octanol–water partition coefficient (Wildman–Crippen LogP) is 3.34. The highest BCUT2D eigenvalue weighted by Gasteiger charge is 2.12. The SMILES string of the molecule is C=CCNC(=O)c1cncc(Nc2ccc(N3CCCC3)cc2)c1. The van der Waals surface area contributed by atoms with Crippen molar-refractivity contribution in [3.63, 3.8) is 0 Å². The zero-order valence-corrected chi connectivity index (χ0v) is 13.7. The van der Waals surface area contributed by atoms with E-state index in [-0.39, 0.29) is 5.91 Å². The highest BCUT2D eigenvalue weighted by atomic mass is 16.1. The Labute approximate surface area is 142 Å². The number of aromatic nitrogens is 1. The van der Waals surface area contributed by atoms with Gasteiger partial charge in [-0.15, -0.1) is 6.58 Å². The number of rotatable bonds is 6. The zero-order valence-electron chi connectivity index (χ0n) is 13.7. The van der Waals surface area contributed by atoms with Crippen molar-refractivity contribution in [1.82, 2.24) is 10.3 Å². The minimum absolute atomic E-state index is 0.157. The molecule has 1 aliphatic heterocycles. The number of nitrogens with one attached hydrogen (secondary N) is 2. The third-order valence-electron chi connectivity index (χ3n) is 4.03. The molecule has 0 unspecified atom stereocenters. The first-order chi connectivity index (χ1) is 11.8. The van der Waals surface area contributed by atoms with Crippen LogP contribution in [0.1, 0.15) is 23.2 Å². The average Bonchev–Trinajstić information content (AvgIpc) is 3.15. The van der Waals surface area contributed by atoms with Crippen LogP contribution in [0.15, 0.2) is 55.4 Å². The molecule has 1 aromatic heterocycles. The summed E-state index contributed by atoms with van der Waals surface area (Å²) < 4.78 is 0. The summed E-state index contributed by atoms with van der Waals surface area (Å²) in [5.74, 6) is -0.157. The van der Waals surface area contributed by atoms with Gasteiger partial charge >= 0.3 is 0 Å². The maximum absolute atomic E-state index is 12.0. The summed E-state index contributed by atoms with van der Waals surface area (Å²) in [7, 11) is 0. The molecular formula is C19H22N4O. The summed E-state index contributed by atoms with van der Waals surface area (Å²) in [5, 5.41) is 6.04. The van der Waals surface area contributed by atoms with Gasteiger partial charge in [-0.05, 0) is 43.2 Å². The van der Waals surface area contributed by atoms with Gasteiger partial charge in [-0.2, -0.15) is 0 Å². The van der Waals surface area contributed by atoms with Gasteiger partial charge in [-0.3, -0.25) is 9.78 Å². The lowest BCUT2D eigenvalue weighted by Gasteiger charge is -2.18. The van der Waals surface area contributed by atoms with Crippen molar-refractivity contribution >= 4 is 23.0 Å². The quantitative estimate of drug-likeness (QED) is 0.801. The van der Waals surface area contributed by atoms with Gasteiger partial charge in [0, 0.05) is 37.2 Å². The van der Waals surface area contributed by atoms with E-state index in [0.717, 1.165) is 24.5 Å². The molecule has 1 amide bonds. The Hall–Kier alpha value is -2.82. The molecule has 0 bridgehead atoms. The van der Waals surface area contributed by atoms with Crippen molar-refractivity contribution < 1.29 is 4.79 Å². The smallest absolute Gasteiger partial charge is 0.253 e. The molecule has 1 aliphatic rings. The molecule has 0 saturated carbocycles. The first kappa shape index (κ1) is 16.1. The lowest BCUT2D eigenvalue weighted by molar-refractivity contribution is 0.0957. The maximum Gasteiger partial charge on any atom is 0.253 e. The fourth-order valence-corrected chi connectivity index (χ4v) is 2.80. The molecule has 5 heteroatoms. The minimum atomic E-state index is -0.157. The third-order valence-corrected chi connectivity index (χ3v) is 4.03. The molecule has 0 atom stereocenters.